The lowest BCUT2D eigenvalue weighted by molar-refractivity contribution is 0.712. The van der Waals surface area contributed by atoms with Gasteiger partial charge in [-0.05, 0) is 49.4 Å². The first-order valence-electron chi connectivity index (χ1n) is 7.49. The molecule has 1 aromatic carbocycles. The zero-order valence-electron chi connectivity index (χ0n) is 11.8. The van der Waals surface area contributed by atoms with Crippen molar-refractivity contribution < 1.29 is 0 Å². The van der Waals surface area contributed by atoms with Gasteiger partial charge in [0, 0.05) is 10.6 Å². The quantitative estimate of drug-likeness (QED) is 0.661. The van der Waals surface area contributed by atoms with E-state index < -0.39 is 0 Å². The molecule has 3 nitrogen and oxygen atoms in total. The fraction of sp³-hybridized carbons (Fsp3) is 0.294. The smallest absolute Gasteiger partial charge is 0.178 e. The molecule has 0 atom stereocenters. The van der Waals surface area contributed by atoms with Crippen LogP contribution in [0.25, 0.3) is 16.4 Å². The summed E-state index contributed by atoms with van der Waals surface area (Å²) in [4.78, 5) is 2.79. The molecule has 21 heavy (non-hydrogen) atoms. The molecule has 4 heteroatoms. The van der Waals surface area contributed by atoms with Gasteiger partial charge in [-0.25, -0.2) is 0 Å². The third-order valence-corrected chi connectivity index (χ3v) is 5.28. The third kappa shape index (κ3) is 2.40. The van der Waals surface area contributed by atoms with Crippen molar-refractivity contribution in [2.75, 3.05) is 0 Å². The standard InChI is InChI=1S/C17H17N3S/c1-3-7-13-11-16(21-15(13)10-6-1)17-19-18-12-20(17)14-8-4-2-5-9-14/h2,4-5,8-9,11-12H,1,3,6-7,10H2. The molecule has 0 saturated heterocycles. The summed E-state index contributed by atoms with van der Waals surface area (Å²) >= 11 is 1.89. The molecule has 0 bridgehead atoms. The van der Waals surface area contributed by atoms with Gasteiger partial charge in [0.15, 0.2) is 5.82 Å². The number of hydrogen-bond acceptors (Lipinski definition) is 3. The van der Waals surface area contributed by atoms with Crippen LogP contribution in [-0.4, -0.2) is 14.8 Å². The topological polar surface area (TPSA) is 30.7 Å². The van der Waals surface area contributed by atoms with Crippen molar-refractivity contribution in [2.24, 2.45) is 0 Å². The van der Waals surface area contributed by atoms with Gasteiger partial charge in [0.05, 0.1) is 4.88 Å². The summed E-state index contributed by atoms with van der Waals surface area (Å²) < 4.78 is 2.07. The van der Waals surface area contributed by atoms with Crippen molar-refractivity contribution in [2.45, 2.75) is 32.1 Å². The number of aryl methyl sites for hydroxylation is 2. The molecule has 0 unspecified atom stereocenters. The minimum Gasteiger partial charge on any atom is -0.281 e. The molecule has 106 valence electrons. The molecular formula is C17H17N3S. The Balaban J connectivity index is 1.77. The molecule has 2 heterocycles. The molecule has 3 aromatic rings. The van der Waals surface area contributed by atoms with Gasteiger partial charge in [0.25, 0.3) is 0 Å². The predicted molar refractivity (Wildman–Crippen MR) is 85.9 cm³/mol. The van der Waals surface area contributed by atoms with Gasteiger partial charge in [0.1, 0.15) is 6.33 Å². The molecule has 1 aliphatic rings. The van der Waals surface area contributed by atoms with Crippen LogP contribution in [0.15, 0.2) is 42.7 Å². The lowest BCUT2D eigenvalue weighted by Crippen LogP contribution is -1.94. The molecule has 0 amide bonds. The molecule has 4 rings (SSSR count). The Morgan fingerprint density at radius 1 is 1.00 bits per heavy atom. The molecular weight excluding hydrogens is 278 g/mol. The van der Waals surface area contributed by atoms with E-state index >= 15 is 0 Å². The maximum atomic E-state index is 4.35. The summed E-state index contributed by atoms with van der Waals surface area (Å²) in [5.74, 6) is 0.958. The molecule has 2 aromatic heterocycles. The van der Waals surface area contributed by atoms with Crippen molar-refractivity contribution in [1.29, 1.82) is 0 Å². The number of benzene rings is 1. The molecule has 0 saturated carbocycles. The Labute approximate surface area is 128 Å². The molecule has 1 aliphatic carbocycles. The van der Waals surface area contributed by atoms with E-state index in [1.807, 2.05) is 29.5 Å². The number of nitrogens with zero attached hydrogens (tertiary/aromatic N) is 3. The van der Waals surface area contributed by atoms with Crippen molar-refractivity contribution in [1.82, 2.24) is 14.8 Å². The molecule has 0 spiro atoms. The Morgan fingerprint density at radius 3 is 2.76 bits per heavy atom. The minimum atomic E-state index is 0.958. The average molecular weight is 295 g/mol. The largest absolute Gasteiger partial charge is 0.281 e. The number of aromatic nitrogens is 3. The van der Waals surface area contributed by atoms with E-state index in [9.17, 15) is 0 Å². The highest BCUT2D eigenvalue weighted by Crippen LogP contribution is 2.34. The second kappa shape index (κ2) is 5.45. The molecule has 0 radical (unpaired) electrons. The number of rotatable bonds is 2. The zero-order valence-corrected chi connectivity index (χ0v) is 12.6. The summed E-state index contributed by atoms with van der Waals surface area (Å²) in [6, 6.07) is 12.6. The highest BCUT2D eigenvalue weighted by Gasteiger charge is 2.17. The van der Waals surface area contributed by atoms with E-state index in [1.54, 1.807) is 11.2 Å². The van der Waals surface area contributed by atoms with E-state index in [-0.39, 0.29) is 0 Å². The third-order valence-electron chi connectivity index (χ3n) is 4.05. The summed E-state index contributed by atoms with van der Waals surface area (Å²) in [7, 11) is 0. The van der Waals surface area contributed by atoms with E-state index in [2.05, 4.69) is 33.0 Å². The number of fused-ring (bicyclic) bond motifs is 1. The van der Waals surface area contributed by atoms with Crippen LogP contribution < -0.4 is 0 Å². The van der Waals surface area contributed by atoms with E-state index in [0.717, 1.165) is 11.5 Å². The van der Waals surface area contributed by atoms with Crippen molar-refractivity contribution >= 4 is 11.3 Å². The van der Waals surface area contributed by atoms with Crippen LogP contribution in [0.2, 0.25) is 0 Å². The van der Waals surface area contributed by atoms with Crippen LogP contribution >= 0.6 is 11.3 Å². The van der Waals surface area contributed by atoms with E-state index in [1.165, 1.54) is 42.5 Å². The van der Waals surface area contributed by atoms with Gasteiger partial charge < -0.3 is 0 Å². The summed E-state index contributed by atoms with van der Waals surface area (Å²) in [6.45, 7) is 0. The second-order valence-electron chi connectivity index (χ2n) is 5.48. The van der Waals surface area contributed by atoms with E-state index in [0.29, 0.717) is 0 Å². The van der Waals surface area contributed by atoms with Gasteiger partial charge in [0.2, 0.25) is 0 Å². The first-order chi connectivity index (χ1) is 10.4. The van der Waals surface area contributed by atoms with E-state index in [4.69, 9.17) is 0 Å². The van der Waals surface area contributed by atoms with Crippen LogP contribution in [-0.2, 0) is 12.8 Å². The van der Waals surface area contributed by atoms with Gasteiger partial charge in [-0.3, -0.25) is 4.57 Å². The summed E-state index contributed by atoms with van der Waals surface area (Å²) in [6.07, 6.45) is 8.23. The maximum absolute atomic E-state index is 4.35. The first-order valence-corrected chi connectivity index (χ1v) is 8.31. The normalized spacial score (nSPS) is 14.7. The van der Waals surface area contributed by atoms with Gasteiger partial charge in [-0.15, -0.1) is 21.5 Å². The van der Waals surface area contributed by atoms with Gasteiger partial charge >= 0.3 is 0 Å². The summed E-state index contributed by atoms with van der Waals surface area (Å²) in [5.41, 5.74) is 2.64. The average Bonchev–Trinajstić information content (AvgIpc) is 3.10. The SMILES string of the molecule is c1ccc(-n2cnnc2-c2cc3c(s2)CCCCC3)cc1. The van der Waals surface area contributed by atoms with Crippen LogP contribution in [0, 0.1) is 0 Å². The monoisotopic (exact) mass is 295 g/mol. The minimum absolute atomic E-state index is 0.958. The zero-order chi connectivity index (χ0) is 14.1. The summed E-state index contributed by atoms with van der Waals surface area (Å²) in [5, 5.41) is 8.47. The number of thiophene rings is 1. The highest BCUT2D eigenvalue weighted by molar-refractivity contribution is 7.15. The Bertz CT molecular complexity index is 719. The lowest BCUT2D eigenvalue weighted by Gasteiger charge is -2.04. The molecule has 0 aliphatic heterocycles. The molecule has 0 N–H and O–H groups in total. The van der Waals surface area contributed by atoms with Crippen LogP contribution in [0.1, 0.15) is 29.7 Å². The first kappa shape index (κ1) is 12.8. The lowest BCUT2D eigenvalue weighted by atomic mass is 10.1. The fourth-order valence-corrected chi connectivity index (χ4v) is 4.19. The maximum Gasteiger partial charge on any atom is 0.178 e. The van der Waals surface area contributed by atoms with Crippen LogP contribution in [0.5, 0.6) is 0 Å². The highest BCUT2D eigenvalue weighted by atomic mass is 32.1. The second-order valence-corrected chi connectivity index (χ2v) is 6.62. The Morgan fingerprint density at radius 2 is 1.86 bits per heavy atom. The number of hydrogen-bond donors (Lipinski definition) is 0. The fourth-order valence-electron chi connectivity index (χ4n) is 2.96. The Kier molecular flexibility index (Phi) is 3.31. The van der Waals surface area contributed by atoms with Crippen molar-refractivity contribution in [3.05, 3.63) is 53.2 Å². The Hall–Kier alpha value is -1.94. The predicted octanol–water partition coefficient (Wildman–Crippen LogP) is 4.26. The van der Waals surface area contributed by atoms with Crippen LogP contribution in [0.3, 0.4) is 0 Å². The van der Waals surface area contributed by atoms with Crippen LogP contribution in [0.4, 0.5) is 0 Å². The van der Waals surface area contributed by atoms with Gasteiger partial charge in [-0.2, -0.15) is 0 Å². The van der Waals surface area contributed by atoms with Gasteiger partial charge in [-0.1, -0.05) is 24.6 Å². The molecule has 0 fully saturated rings. The van der Waals surface area contributed by atoms with Crippen molar-refractivity contribution in [3.63, 3.8) is 0 Å². The van der Waals surface area contributed by atoms with Crippen molar-refractivity contribution in [3.8, 4) is 16.4 Å². The number of para-hydroxylation sites is 1.